The number of carbonyl (C=O) groups is 1. The van der Waals surface area contributed by atoms with Crippen molar-refractivity contribution in [3.8, 4) is 5.75 Å². The third-order valence-electron chi connectivity index (χ3n) is 5.01. The number of aryl methyl sites for hydroxylation is 2. The molecular formula is C21H28N6O2S2. The van der Waals surface area contributed by atoms with Crippen molar-refractivity contribution in [3.63, 3.8) is 0 Å². The van der Waals surface area contributed by atoms with Gasteiger partial charge in [-0.15, -0.1) is 24.0 Å². The Labute approximate surface area is 191 Å². The van der Waals surface area contributed by atoms with Gasteiger partial charge in [-0.3, -0.25) is 4.79 Å². The summed E-state index contributed by atoms with van der Waals surface area (Å²) >= 11 is 6.19. The zero-order valence-corrected chi connectivity index (χ0v) is 19.4. The summed E-state index contributed by atoms with van der Waals surface area (Å²) in [7, 11) is 3.32. The lowest BCUT2D eigenvalue weighted by Gasteiger charge is -2.15. The van der Waals surface area contributed by atoms with Crippen LogP contribution in [0.25, 0.3) is 10.2 Å². The molecule has 8 nitrogen and oxygen atoms in total. The predicted octanol–water partition coefficient (Wildman–Crippen LogP) is 3.23. The fourth-order valence-corrected chi connectivity index (χ4v) is 4.84. The number of ether oxygens (including phenoxy) is 1. The van der Waals surface area contributed by atoms with Gasteiger partial charge in [0.2, 0.25) is 6.41 Å². The number of thiophene rings is 1. The van der Waals surface area contributed by atoms with Crippen LogP contribution >= 0.6 is 24.0 Å². The summed E-state index contributed by atoms with van der Waals surface area (Å²) in [5, 5.41) is 4.53. The van der Waals surface area contributed by atoms with E-state index in [9.17, 15) is 4.79 Å². The molecule has 0 fully saturated rings. The lowest BCUT2D eigenvalue weighted by atomic mass is 9.97. The standard InChI is InChI=1S/C17H18N4OS2.C4H10N2O/c1-22-12-6-10(18)13(23)7-11(12)21-16-15-9-4-2-3-5-14(9)24-17(15)20-8-19-16;1-6(4-7)3-2-5/h6-8,23H,2-5,18H2,1H3,(H,19,20,21);4H,2-3,5H2,1H3. The summed E-state index contributed by atoms with van der Waals surface area (Å²) in [6.45, 7) is 1.18. The number of nitrogens with zero attached hydrogens (tertiary/aromatic N) is 3. The molecule has 2 aromatic heterocycles. The van der Waals surface area contributed by atoms with Gasteiger partial charge in [-0.1, -0.05) is 0 Å². The van der Waals surface area contributed by atoms with Crippen LogP contribution in [0.1, 0.15) is 23.3 Å². The van der Waals surface area contributed by atoms with Crippen LogP contribution in [0.4, 0.5) is 17.2 Å². The van der Waals surface area contributed by atoms with E-state index in [1.807, 2.05) is 6.07 Å². The average Bonchev–Trinajstić information content (AvgIpc) is 3.16. The van der Waals surface area contributed by atoms with Gasteiger partial charge in [0.25, 0.3) is 0 Å². The smallest absolute Gasteiger partial charge is 0.209 e. The minimum atomic E-state index is 0.537. The Morgan fingerprint density at radius 3 is 2.77 bits per heavy atom. The number of benzene rings is 1. The molecule has 3 aromatic rings. The number of rotatable bonds is 6. The molecule has 1 aliphatic rings. The maximum atomic E-state index is 9.77. The number of carbonyl (C=O) groups excluding carboxylic acids is 1. The Morgan fingerprint density at radius 2 is 2.10 bits per heavy atom. The van der Waals surface area contributed by atoms with Crippen molar-refractivity contribution in [2.24, 2.45) is 5.73 Å². The number of thiol groups is 1. The quantitative estimate of drug-likeness (QED) is 0.253. The summed E-state index contributed by atoms with van der Waals surface area (Å²) in [6.07, 6.45) is 7.07. The van der Waals surface area contributed by atoms with Crippen LogP contribution in [-0.2, 0) is 17.6 Å². The number of fused-ring (bicyclic) bond motifs is 3. The van der Waals surface area contributed by atoms with Crippen LogP contribution in [-0.4, -0.2) is 48.5 Å². The van der Waals surface area contributed by atoms with Crippen LogP contribution in [0.5, 0.6) is 5.75 Å². The normalized spacial score (nSPS) is 12.5. The zero-order valence-electron chi connectivity index (χ0n) is 17.7. The Hall–Kier alpha value is -2.56. The van der Waals surface area contributed by atoms with E-state index in [0.29, 0.717) is 29.4 Å². The highest BCUT2D eigenvalue weighted by Gasteiger charge is 2.20. The summed E-state index contributed by atoms with van der Waals surface area (Å²) in [5.41, 5.74) is 13.8. The molecule has 0 unspecified atom stereocenters. The second kappa shape index (κ2) is 10.7. The number of methoxy groups -OCH3 is 1. The van der Waals surface area contributed by atoms with E-state index in [-0.39, 0.29) is 0 Å². The monoisotopic (exact) mass is 460 g/mol. The van der Waals surface area contributed by atoms with Crippen molar-refractivity contribution in [2.75, 3.05) is 38.3 Å². The Balaban J connectivity index is 0.000000339. The zero-order chi connectivity index (χ0) is 22.4. The van der Waals surface area contributed by atoms with Gasteiger partial charge in [0.15, 0.2) is 0 Å². The first kappa shape index (κ1) is 23.1. The fraction of sp³-hybridized carbons (Fsp3) is 0.381. The second-order valence-electron chi connectivity index (χ2n) is 7.22. The van der Waals surface area contributed by atoms with Crippen molar-refractivity contribution >= 4 is 57.8 Å². The molecule has 0 spiro atoms. The molecular weight excluding hydrogens is 432 g/mol. The Kier molecular flexibility index (Phi) is 7.94. The van der Waals surface area contributed by atoms with Gasteiger partial charge in [-0.05, 0) is 37.3 Å². The van der Waals surface area contributed by atoms with E-state index >= 15 is 0 Å². The van der Waals surface area contributed by atoms with Gasteiger partial charge in [0.1, 0.15) is 22.7 Å². The predicted molar refractivity (Wildman–Crippen MR) is 130 cm³/mol. The number of hydrogen-bond acceptors (Lipinski definition) is 9. The van der Waals surface area contributed by atoms with Crippen molar-refractivity contribution < 1.29 is 9.53 Å². The van der Waals surface area contributed by atoms with Gasteiger partial charge >= 0.3 is 0 Å². The van der Waals surface area contributed by atoms with Gasteiger partial charge in [-0.25, -0.2) is 9.97 Å². The number of hydrogen-bond donors (Lipinski definition) is 4. The van der Waals surface area contributed by atoms with Crippen molar-refractivity contribution in [2.45, 2.75) is 30.6 Å². The number of amides is 1. The molecule has 1 aliphatic carbocycles. The average molecular weight is 461 g/mol. The summed E-state index contributed by atoms with van der Waals surface area (Å²) in [5.74, 6) is 1.48. The molecule has 31 heavy (non-hydrogen) atoms. The summed E-state index contributed by atoms with van der Waals surface area (Å²) in [4.78, 5) is 23.4. The van der Waals surface area contributed by atoms with Gasteiger partial charge in [-0.2, -0.15) is 0 Å². The van der Waals surface area contributed by atoms with Crippen molar-refractivity contribution in [1.29, 1.82) is 0 Å². The number of nitrogen functional groups attached to an aromatic ring is 1. The molecule has 0 atom stereocenters. The van der Waals surface area contributed by atoms with E-state index in [1.165, 1.54) is 28.2 Å². The number of nitrogens with two attached hydrogens (primary N) is 2. The molecule has 0 radical (unpaired) electrons. The lowest BCUT2D eigenvalue weighted by Crippen LogP contribution is -2.23. The number of nitrogens with one attached hydrogen (secondary N) is 1. The summed E-state index contributed by atoms with van der Waals surface area (Å²) < 4.78 is 5.44. The maximum absolute atomic E-state index is 9.77. The SMILES string of the molecule is CN(C=O)CCN.COc1cc(N)c(S)cc1Nc1ncnc2sc3c(c12)CCCC3. The van der Waals surface area contributed by atoms with E-state index < -0.39 is 0 Å². The van der Waals surface area contributed by atoms with E-state index in [1.54, 1.807) is 37.9 Å². The molecule has 1 amide bonds. The molecule has 0 aliphatic heterocycles. The second-order valence-corrected chi connectivity index (χ2v) is 8.79. The maximum Gasteiger partial charge on any atom is 0.209 e. The van der Waals surface area contributed by atoms with Crippen molar-refractivity contribution in [3.05, 3.63) is 28.9 Å². The molecule has 5 N–H and O–H groups in total. The van der Waals surface area contributed by atoms with E-state index in [4.69, 9.17) is 16.2 Å². The van der Waals surface area contributed by atoms with Crippen LogP contribution in [0.2, 0.25) is 0 Å². The topological polar surface area (TPSA) is 119 Å². The molecule has 4 rings (SSSR count). The first-order valence-electron chi connectivity index (χ1n) is 10.0. The fourth-order valence-electron chi connectivity index (χ4n) is 3.42. The third-order valence-corrected chi connectivity index (χ3v) is 6.60. The van der Waals surface area contributed by atoms with Gasteiger partial charge in [0, 0.05) is 41.7 Å². The molecule has 10 heteroatoms. The largest absolute Gasteiger partial charge is 0.494 e. The lowest BCUT2D eigenvalue weighted by molar-refractivity contribution is -0.116. The molecule has 0 bridgehead atoms. The van der Waals surface area contributed by atoms with Crippen LogP contribution < -0.4 is 21.5 Å². The first-order valence-corrected chi connectivity index (χ1v) is 11.3. The highest BCUT2D eigenvalue weighted by atomic mass is 32.1. The van der Waals surface area contributed by atoms with Crippen LogP contribution in [0, 0.1) is 0 Å². The minimum Gasteiger partial charge on any atom is -0.494 e. The third kappa shape index (κ3) is 5.38. The number of anilines is 3. The molecule has 0 saturated carbocycles. The highest BCUT2D eigenvalue weighted by Crippen LogP contribution is 2.40. The Bertz CT molecular complexity index is 1060. The van der Waals surface area contributed by atoms with E-state index in [2.05, 4.69) is 27.9 Å². The highest BCUT2D eigenvalue weighted by molar-refractivity contribution is 7.80. The molecule has 2 heterocycles. The first-order chi connectivity index (χ1) is 15.0. The number of likely N-dealkylation sites (N-methyl/N-ethyl adjacent to an activating group) is 1. The van der Waals surface area contributed by atoms with Crippen LogP contribution in [0.3, 0.4) is 0 Å². The molecule has 0 saturated heterocycles. The van der Waals surface area contributed by atoms with E-state index in [0.717, 1.165) is 41.0 Å². The molecule has 1 aromatic carbocycles. The number of aromatic nitrogens is 2. The Morgan fingerprint density at radius 1 is 1.32 bits per heavy atom. The molecule has 166 valence electrons. The van der Waals surface area contributed by atoms with Gasteiger partial charge in [0.05, 0.1) is 18.2 Å². The van der Waals surface area contributed by atoms with Crippen LogP contribution in [0.15, 0.2) is 23.4 Å². The minimum absolute atomic E-state index is 0.537. The van der Waals surface area contributed by atoms with Gasteiger partial charge < -0.3 is 26.4 Å². The summed E-state index contributed by atoms with van der Waals surface area (Å²) in [6, 6.07) is 3.64. The van der Waals surface area contributed by atoms with Crippen molar-refractivity contribution in [1.82, 2.24) is 14.9 Å².